The van der Waals surface area contributed by atoms with Crippen molar-refractivity contribution in [2.45, 2.75) is 18.9 Å². The Morgan fingerprint density at radius 3 is 2.52 bits per heavy atom. The Balaban J connectivity index is 2.65. The Bertz CT molecular complexity index is 543. The Morgan fingerprint density at radius 2 is 2.00 bits per heavy atom. The molecule has 0 spiro atoms. The van der Waals surface area contributed by atoms with E-state index in [2.05, 4.69) is 26.6 Å². The molecule has 0 bridgehead atoms. The molecule has 1 aromatic carbocycles. The van der Waals surface area contributed by atoms with Crippen molar-refractivity contribution in [3.05, 3.63) is 28.2 Å². The van der Waals surface area contributed by atoms with Gasteiger partial charge in [-0.3, -0.25) is 4.79 Å². The lowest BCUT2D eigenvalue weighted by molar-refractivity contribution is -0.141. The summed E-state index contributed by atoms with van der Waals surface area (Å²) in [5.41, 5.74) is -1.92. The molecule has 9 heteroatoms. The number of halogens is 3. The number of hydrogen-bond donors (Lipinski definition) is 4. The quantitative estimate of drug-likeness (QED) is 0.641. The van der Waals surface area contributed by atoms with E-state index in [1.165, 1.54) is 6.92 Å². The van der Waals surface area contributed by atoms with E-state index < -0.39 is 35.7 Å². The summed E-state index contributed by atoms with van der Waals surface area (Å²) in [6.45, 7) is 0.876. The van der Waals surface area contributed by atoms with E-state index in [9.17, 15) is 23.5 Å². The molecule has 4 N–H and O–H groups in total. The maximum absolute atomic E-state index is 13.5. The van der Waals surface area contributed by atoms with Crippen LogP contribution in [0.25, 0.3) is 0 Å². The van der Waals surface area contributed by atoms with Gasteiger partial charge in [0.2, 0.25) is 0 Å². The van der Waals surface area contributed by atoms with Crippen molar-refractivity contribution in [3.63, 3.8) is 0 Å². The van der Waals surface area contributed by atoms with Gasteiger partial charge in [0, 0.05) is 17.1 Å². The number of amides is 2. The molecule has 0 saturated heterocycles. The summed E-state index contributed by atoms with van der Waals surface area (Å²) >= 11 is 2.90. The minimum atomic E-state index is -1.65. The van der Waals surface area contributed by atoms with Crippen LogP contribution in [0.1, 0.15) is 13.3 Å². The second-order valence-corrected chi connectivity index (χ2v) is 5.47. The maximum atomic E-state index is 13.5. The molecule has 0 radical (unpaired) electrons. The Morgan fingerprint density at radius 1 is 1.38 bits per heavy atom. The number of anilines is 1. The molecule has 2 amide bonds. The van der Waals surface area contributed by atoms with E-state index in [0.717, 1.165) is 6.07 Å². The minimum absolute atomic E-state index is 0.00689. The van der Waals surface area contributed by atoms with Gasteiger partial charge in [-0.25, -0.2) is 13.6 Å². The first kappa shape index (κ1) is 17.3. The third kappa shape index (κ3) is 5.64. The van der Waals surface area contributed by atoms with Gasteiger partial charge in [0.25, 0.3) is 0 Å². The fourth-order valence-corrected chi connectivity index (χ4v) is 1.99. The van der Waals surface area contributed by atoms with E-state index in [1.54, 1.807) is 0 Å². The summed E-state index contributed by atoms with van der Waals surface area (Å²) in [6.07, 6.45) is -0.568. The van der Waals surface area contributed by atoms with Crippen molar-refractivity contribution in [2.24, 2.45) is 0 Å². The fourth-order valence-electron chi connectivity index (χ4n) is 1.48. The number of carbonyl (C=O) groups excluding carboxylic acids is 1. The summed E-state index contributed by atoms with van der Waals surface area (Å²) in [5, 5.41) is 22.6. The number of aliphatic carboxylic acids is 1. The van der Waals surface area contributed by atoms with Crippen LogP contribution in [0.2, 0.25) is 0 Å². The van der Waals surface area contributed by atoms with Gasteiger partial charge in [-0.15, -0.1) is 0 Å². The molecule has 1 aromatic rings. The smallest absolute Gasteiger partial charge is 0.319 e. The highest BCUT2D eigenvalue weighted by Crippen LogP contribution is 2.26. The molecular weight excluding hydrogens is 354 g/mol. The molecule has 0 aliphatic rings. The Kier molecular flexibility index (Phi) is 5.62. The number of benzene rings is 1. The van der Waals surface area contributed by atoms with Crippen molar-refractivity contribution in [3.8, 4) is 0 Å². The monoisotopic (exact) mass is 366 g/mol. The van der Waals surface area contributed by atoms with Gasteiger partial charge >= 0.3 is 12.0 Å². The third-order valence-electron chi connectivity index (χ3n) is 2.41. The second-order valence-electron chi connectivity index (χ2n) is 4.62. The molecule has 0 fully saturated rings. The normalized spacial score (nSPS) is 13.4. The topological polar surface area (TPSA) is 98.7 Å². The first-order valence-corrected chi connectivity index (χ1v) is 6.53. The molecule has 0 aliphatic heterocycles. The molecule has 0 saturated carbocycles. The van der Waals surface area contributed by atoms with Gasteiger partial charge in [-0.2, -0.15) is 0 Å². The number of carboxylic acids is 1. The minimum Gasteiger partial charge on any atom is -0.481 e. The molecule has 1 rings (SSSR count). The number of hydrogen-bond acceptors (Lipinski definition) is 3. The van der Waals surface area contributed by atoms with Gasteiger partial charge in [0.1, 0.15) is 5.82 Å². The Hall–Kier alpha value is -1.74. The molecule has 1 unspecified atom stereocenters. The van der Waals surface area contributed by atoms with E-state index >= 15 is 0 Å². The van der Waals surface area contributed by atoms with Gasteiger partial charge in [-0.1, -0.05) is 0 Å². The molecule has 0 aliphatic carbocycles. The summed E-state index contributed by atoms with van der Waals surface area (Å²) in [4.78, 5) is 22.1. The van der Waals surface area contributed by atoms with Crippen LogP contribution in [0.4, 0.5) is 19.3 Å². The van der Waals surface area contributed by atoms with Gasteiger partial charge < -0.3 is 20.8 Å². The number of aliphatic hydroxyl groups is 1. The number of nitrogens with one attached hydrogen (secondary N) is 2. The zero-order chi connectivity index (χ0) is 16.2. The van der Waals surface area contributed by atoms with Crippen LogP contribution < -0.4 is 10.6 Å². The zero-order valence-electron chi connectivity index (χ0n) is 10.9. The average Bonchev–Trinajstić information content (AvgIpc) is 2.29. The molecule has 1 atom stereocenters. The molecule has 0 aromatic heterocycles. The van der Waals surface area contributed by atoms with Gasteiger partial charge in [-0.05, 0) is 28.9 Å². The van der Waals surface area contributed by atoms with Crippen LogP contribution in [-0.4, -0.2) is 34.4 Å². The number of rotatable bonds is 5. The first-order valence-electron chi connectivity index (χ1n) is 5.74. The van der Waals surface area contributed by atoms with E-state index in [1.807, 2.05) is 0 Å². The lowest BCUT2D eigenvalue weighted by atomic mass is 10.0. The van der Waals surface area contributed by atoms with E-state index in [-0.39, 0.29) is 16.7 Å². The van der Waals surface area contributed by atoms with Crippen molar-refractivity contribution < 1.29 is 28.6 Å². The van der Waals surface area contributed by atoms with Gasteiger partial charge in [0.15, 0.2) is 5.82 Å². The highest BCUT2D eigenvalue weighted by molar-refractivity contribution is 9.10. The SMILES string of the molecule is CC(O)(CNC(=O)Nc1c(F)cc(F)cc1Br)CC(=O)O. The maximum Gasteiger partial charge on any atom is 0.319 e. The van der Waals surface area contributed by atoms with Crippen LogP contribution in [0.15, 0.2) is 16.6 Å². The summed E-state index contributed by atoms with van der Waals surface area (Å²) in [5.74, 6) is -3.02. The molecular formula is C12H13BrF2N2O4. The zero-order valence-corrected chi connectivity index (χ0v) is 12.5. The summed E-state index contributed by atoms with van der Waals surface area (Å²) < 4.78 is 26.4. The van der Waals surface area contributed by atoms with Crippen LogP contribution in [0.5, 0.6) is 0 Å². The van der Waals surface area contributed by atoms with Crippen molar-refractivity contribution in [1.82, 2.24) is 5.32 Å². The standard InChI is InChI=1S/C12H13BrF2N2O4/c1-12(21,4-9(18)19)5-16-11(20)17-10-7(13)2-6(14)3-8(10)15/h2-3,21H,4-5H2,1H3,(H,18,19)(H2,16,17,20). The van der Waals surface area contributed by atoms with Crippen LogP contribution >= 0.6 is 15.9 Å². The van der Waals surface area contributed by atoms with Crippen molar-refractivity contribution in [2.75, 3.05) is 11.9 Å². The number of urea groups is 1. The number of carboxylic acid groups (broad SMARTS) is 1. The predicted molar refractivity (Wildman–Crippen MR) is 74.0 cm³/mol. The lowest BCUT2D eigenvalue weighted by Crippen LogP contribution is -2.43. The lowest BCUT2D eigenvalue weighted by Gasteiger charge is -2.21. The van der Waals surface area contributed by atoms with Crippen molar-refractivity contribution >= 4 is 33.6 Å². The second kappa shape index (κ2) is 6.81. The molecule has 116 valence electrons. The molecule has 6 nitrogen and oxygen atoms in total. The van der Waals surface area contributed by atoms with E-state index in [4.69, 9.17) is 5.11 Å². The van der Waals surface area contributed by atoms with Crippen LogP contribution in [-0.2, 0) is 4.79 Å². The highest BCUT2D eigenvalue weighted by atomic mass is 79.9. The average molecular weight is 367 g/mol. The largest absolute Gasteiger partial charge is 0.481 e. The van der Waals surface area contributed by atoms with Crippen molar-refractivity contribution in [1.29, 1.82) is 0 Å². The highest BCUT2D eigenvalue weighted by Gasteiger charge is 2.25. The Labute approximate surface area is 127 Å². The van der Waals surface area contributed by atoms with E-state index in [0.29, 0.717) is 6.07 Å². The molecule has 0 heterocycles. The van der Waals surface area contributed by atoms with Crippen LogP contribution in [0, 0.1) is 11.6 Å². The number of carbonyl (C=O) groups is 2. The first-order chi connectivity index (χ1) is 9.60. The summed E-state index contributed by atoms with van der Waals surface area (Å²) in [7, 11) is 0. The van der Waals surface area contributed by atoms with Gasteiger partial charge in [0.05, 0.1) is 17.7 Å². The third-order valence-corrected chi connectivity index (χ3v) is 3.03. The van der Waals surface area contributed by atoms with Crippen LogP contribution in [0.3, 0.4) is 0 Å². The molecule has 21 heavy (non-hydrogen) atoms. The fraction of sp³-hybridized carbons (Fsp3) is 0.333. The predicted octanol–water partition coefficient (Wildman–Crippen LogP) is 2.07. The summed E-state index contributed by atoms with van der Waals surface area (Å²) in [6, 6.07) is 0.701.